The summed E-state index contributed by atoms with van der Waals surface area (Å²) in [7, 11) is 0. The number of imidazole rings is 1. The number of aryl methyl sites for hydroxylation is 1. The molecule has 0 aliphatic carbocycles. The van der Waals surface area contributed by atoms with Crippen molar-refractivity contribution >= 4 is 11.6 Å². The maximum atomic E-state index is 13.7. The number of carbonyl (C=O) groups is 1. The standard InChI is InChI=1S/C19H19F2N3O2/c1-5-26-19(25)15-9-22-24-17(12-6-13(20)8-14(21)7-12)11(4)23-18(24)16(15)10(2)3/h6-10H,5H2,1-4H3. The Balaban J connectivity index is 2.30. The summed E-state index contributed by atoms with van der Waals surface area (Å²) < 4.78 is 33.9. The molecule has 0 amide bonds. The molecule has 3 aromatic rings. The summed E-state index contributed by atoms with van der Waals surface area (Å²) in [6, 6.07) is 3.28. The number of hydrogen-bond donors (Lipinski definition) is 0. The number of carbonyl (C=O) groups excluding carboxylic acids is 1. The van der Waals surface area contributed by atoms with Gasteiger partial charge in [0.15, 0.2) is 5.65 Å². The fraction of sp³-hybridized carbons (Fsp3) is 0.316. The summed E-state index contributed by atoms with van der Waals surface area (Å²) in [5.41, 5.74) is 2.88. The lowest BCUT2D eigenvalue weighted by Crippen LogP contribution is -2.12. The van der Waals surface area contributed by atoms with E-state index in [1.165, 1.54) is 22.8 Å². The van der Waals surface area contributed by atoms with Gasteiger partial charge in [-0.15, -0.1) is 0 Å². The normalized spacial score (nSPS) is 11.3. The van der Waals surface area contributed by atoms with Gasteiger partial charge in [-0.3, -0.25) is 0 Å². The quantitative estimate of drug-likeness (QED) is 0.653. The number of benzene rings is 1. The van der Waals surface area contributed by atoms with Crippen LogP contribution >= 0.6 is 0 Å². The lowest BCUT2D eigenvalue weighted by molar-refractivity contribution is 0.0524. The maximum Gasteiger partial charge on any atom is 0.340 e. The average molecular weight is 359 g/mol. The van der Waals surface area contributed by atoms with E-state index in [0.717, 1.165) is 6.07 Å². The van der Waals surface area contributed by atoms with Crippen molar-refractivity contribution in [2.24, 2.45) is 0 Å². The molecule has 0 aliphatic heterocycles. The highest BCUT2D eigenvalue weighted by molar-refractivity contribution is 5.93. The molecule has 3 rings (SSSR count). The van der Waals surface area contributed by atoms with Gasteiger partial charge >= 0.3 is 5.97 Å². The molecule has 7 heteroatoms. The Morgan fingerprint density at radius 3 is 2.46 bits per heavy atom. The Kier molecular flexibility index (Phi) is 4.71. The molecule has 0 radical (unpaired) electrons. The maximum absolute atomic E-state index is 13.7. The molecular formula is C19H19F2N3O2. The topological polar surface area (TPSA) is 56.5 Å². The first kappa shape index (κ1) is 18.0. The number of halogens is 2. The van der Waals surface area contributed by atoms with Crippen molar-refractivity contribution in [2.45, 2.75) is 33.6 Å². The van der Waals surface area contributed by atoms with Gasteiger partial charge < -0.3 is 4.74 Å². The second-order valence-electron chi connectivity index (χ2n) is 6.29. The lowest BCUT2D eigenvalue weighted by atomic mass is 10.00. The molecule has 0 bridgehead atoms. The zero-order valence-electron chi connectivity index (χ0n) is 15.0. The van der Waals surface area contributed by atoms with Crippen LogP contribution in [0.4, 0.5) is 8.78 Å². The van der Waals surface area contributed by atoms with Crippen LogP contribution in [-0.2, 0) is 4.74 Å². The first-order chi connectivity index (χ1) is 12.3. The number of rotatable bonds is 4. The zero-order valence-corrected chi connectivity index (χ0v) is 15.0. The second kappa shape index (κ2) is 6.82. The third-order valence-electron chi connectivity index (χ3n) is 4.07. The van der Waals surface area contributed by atoms with Gasteiger partial charge in [0.25, 0.3) is 0 Å². The Hall–Kier alpha value is -2.83. The Morgan fingerprint density at radius 2 is 1.88 bits per heavy atom. The molecule has 0 spiro atoms. The Bertz CT molecular complexity index is 976. The molecule has 0 atom stereocenters. The summed E-state index contributed by atoms with van der Waals surface area (Å²) in [6.45, 7) is 7.59. The molecule has 0 saturated heterocycles. The third-order valence-corrected chi connectivity index (χ3v) is 4.07. The van der Waals surface area contributed by atoms with Crippen LogP contribution in [0.15, 0.2) is 24.4 Å². The van der Waals surface area contributed by atoms with Crippen molar-refractivity contribution in [2.75, 3.05) is 6.61 Å². The van der Waals surface area contributed by atoms with E-state index in [-0.39, 0.29) is 12.5 Å². The molecule has 0 saturated carbocycles. The van der Waals surface area contributed by atoms with Crippen LogP contribution in [0, 0.1) is 18.6 Å². The van der Waals surface area contributed by atoms with Crippen LogP contribution < -0.4 is 0 Å². The van der Waals surface area contributed by atoms with E-state index >= 15 is 0 Å². The highest BCUT2D eigenvalue weighted by atomic mass is 19.1. The molecule has 0 unspecified atom stereocenters. The molecule has 5 nitrogen and oxygen atoms in total. The van der Waals surface area contributed by atoms with Crippen molar-refractivity contribution in [3.05, 3.63) is 52.9 Å². The van der Waals surface area contributed by atoms with Crippen LogP contribution in [-0.4, -0.2) is 27.2 Å². The molecule has 136 valence electrons. The van der Waals surface area contributed by atoms with Crippen LogP contribution in [0.25, 0.3) is 16.9 Å². The Morgan fingerprint density at radius 1 is 1.23 bits per heavy atom. The van der Waals surface area contributed by atoms with Gasteiger partial charge in [-0.1, -0.05) is 13.8 Å². The van der Waals surface area contributed by atoms with Crippen LogP contribution in [0.5, 0.6) is 0 Å². The minimum atomic E-state index is -0.679. The first-order valence-electron chi connectivity index (χ1n) is 8.35. The van der Waals surface area contributed by atoms with Crippen LogP contribution in [0.3, 0.4) is 0 Å². The minimum Gasteiger partial charge on any atom is -0.462 e. The number of ether oxygens (including phenoxy) is 1. The summed E-state index contributed by atoms with van der Waals surface area (Å²) in [5, 5.41) is 4.29. The van der Waals surface area contributed by atoms with E-state index in [2.05, 4.69) is 10.1 Å². The van der Waals surface area contributed by atoms with E-state index in [9.17, 15) is 13.6 Å². The molecule has 0 N–H and O–H groups in total. The van der Waals surface area contributed by atoms with Crippen molar-refractivity contribution < 1.29 is 18.3 Å². The number of nitrogens with zero attached hydrogens (tertiary/aromatic N) is 3. The van der Waals surface area contributed by atoms with E-state index in [4.69, 9.17) is 4.74 Å². The first-order valence-corrected chi connectivity index (χ1v) is 8.35. The minimum absolute atomic E-state index is 0.0289. The van der Waals surface area contributed by atoms with E-state index in [1.807, 2.05) is 13.8 Å². The molecule has 2 heterocycles. The Labute approximate surface area is 149 Å². The number of hydrogen-bond acceptors (Lipinski definition) is 4. The van der Waals surface area contributed by atoms with E-state index in [0.29, 0.717) is 33.7 Å². The SMILES string of the molecule is CCOC(=O)c1cnn2c(-c3cc(F)cc(F)c3)c(C)nc2c1C(C)C. The second-order valence-corrected chi connectivity index (χ2v) is 6.29. The van der Waals surface area contributed by atoms with E-state index in [1.54, 1.807) is 13.8 Å². The van der Waals surface area contributed by atoms with Gasteiger partial charge in [0.2, 0.25) is 0 Å². The highest BCUT2D eigenvalue weighted by Gasteiger charge is 2.23. The van der Waals surface area contributed by atoms with Gasteiger partial charge in [0.05, 0.1) is 29.8 Å². The molecular weight excluding hydrogens is 340 g/mol. The summed E-state index contributed by atoms with van der Waals surface area (Å²) in [4.78, 5) is 16.8. The number of fused-ring (bicyclic) bond motifs is 1. The predicted molar refractivity (Wildman–Crippen MR) is 93.1 cm³/mol. The third kappa shape index (κ3) is 3.05. The smallest absolute Gasteiger partial charge is 0.340 e. The fourth-order valence-corrected chi connectivity index (χ4v) is 3.07. The van der Waals surface area contributed by atoms with Crippen molar-refractivity contribution in [3.8, 4) is 11.3 Å². The van der Waals surface area contributed by atoms with Crippen molar-refractivity contribution in [3.63, 3.8) is 0 Å². The highest BCUT2D eigenvalue weighted by Crippen LogP contribution is 2.31. The molecule has 1 aromatic carbocycles. The fourth-order valence-electron chi connectivity index (χ4n) is 3.07. The predicted octanol–water partition coefficient (Wildman–Crippen LogP) is 4.28. The van der Waals surface area contributed by atoms with Gasteiger partial charge in [0.1, 0.15) is 11.6 Å². The number of esters is 1. The molecule has 0 fully saturated rings. The number of aromatic nitrogens is 3. The van der Waals surface area contributed by atoms with Gasteiger partial charge in [-0.25, -0.2) is 23.1 Å². The molecule has 2 aromatic heterocycles. The molecule has 26 heavy (non-hydrogen) atoms. The lowest BCUT2D eigenvalue weighted by Gasteiger charge is -2.13. The monoisotopic (exact) mass is 359 g/mol. The van der Waals surface area contributed by atoms with Gasteiger partial charge in [0, 0.05) is 17.2 Å². The van der Waals surface area contributed by atoms with Crippen molar-refractivity contribution in [1.82, 2.24) is 14.6 Å². The van der Waals surface area contributed by atoms with E-state index < -0.39 is 17.6 Å². The van der Waals surface area contributed by atoms with Crippen LogP contribution in [0.2, 0.25) is 0 Å². The summed E-state index contributed by atoms with van der Waals surface area (Å²) in [6.07, 6.45) is 1.42. The summed E-state index contributed by atoms with van der Waals surface area (Å²) in [5.74, 6) is -1.85. The van der Waals surface area contributed by atoms with Gasteiger partial charge in [-0.2, -0.15) is 5.10 Å². The summed E-state index contributed by atoms with van der Waals surface area (Å²) >= 11 is 0. The van der Waals surface area contributed by atoms with Crippen LogP contribution in [0.1, 0.15) is 48.3 Å². The van der Waals surface area contributed by atoms with Gasteiger partial charge in [-0.05, 0) is 31.9 Å². The average Bonchev–Trinajstić information content (AvgIpc) is 2.88. The largest absolute Gasteiger partial charge is 0.462 e. The zero-order chi connectivity index (χ0) is 19.0. The van der Waals surface area contributed by atoms with Crippen molar-refractivity contribution in [1.29, 1.82) is 0 Å². The molecule has 0 aliphatic rings.